The third-order valence-corrected chi connectivity index (χ3v) is 6.44. The van der Waals surface area contributed by atoms with Crippen molar-refractivity contribution >= 4 is 17.6 Å². The molecule has 4 rings (SSSR count). The van der Waals surface area contributed by atoms with Crippen molar-refractivity contribution in [2.45, 2.75) is 26.6 Å². The summed E-state index contributed by atoms with van der Waals surface area (Å²) >= 11 is 1.47. The van der Waals surface area contributed by atoms with Gasteiger partial charge in [-0.25, -0.2) is 0 Å². The van der Waals surface area contributed by atoms with Crippen molar-refractivity contribution in [3.63, 3.8) is 0 Å². The molecule has 0 bridgehead atoms. The fourth-order valence-electron chi connectivity index (χ4n) is 4.11. The number of nitrogens with zero attached hydrogens (tertiary/aromatic N) is 2. The van der Waals surface area contributed by atoms with Crippen LogP contribution in [0.15, 0.2) is 77.6 Å². The lowest BCUT2D eigenvalue weighted by molar-refractivity contribution is -0.137. The zero-order valence-corrected chi connectivity index (χ0v) is 21.7. The molecule has 38 heavy (non-hydrogen) atoms. The number of anilines is 1. The number of benzene rings is 3. The third-order valence-electron chi connectivity index (χ3n) is 6.00. The van der Waals surface area contributed by atoms with Gasteiger partial charge in [-0.3, -0.25) is 4.79 Å². The molecule has 0 fully saturated rings. The Kier molecular flexibility index (Phi) is 7.83. The predicted octanol–water partition coefficient (Wildman–Crippen LogP) is 7.55. The average molecular weight is 536 g/mol. The minimum atomic E-state index is -4.86. The molecule has 5 nitrogen and oxygen atoms in total. The number of hydrogen-bond donors (Lipinski definition) is 1. The molecule has 0 aliphatic heterocycles. The van der Waals surface area contributed by atoms with E-state index in [2.05, 4.69) is 4.72 Å². The van der Waals surface area contributed by atoms with E-state index in [1.54, 1.807) is 36.4 Å². The summed E-state index contributed by atoms with van der Waals surface area (Å²) in [6.45, 7) is 3.82. The van der Waals surface area contributed by atoms with Crippen LogP contribution in [0.4, 0.5) is 18.9 Å². The topological polar surface area (TPSA) is 67.0 Å². The number of pyridine rings is 1. The van der Waals surface area contributed by atoms with Crippen molar-refractivity contribution in [2.75, 3.05) is 11.0 Å². The summed E-state index contributed by atoms with van der Waals surface area (Å²) in [5.74, 6) is 1.07. The highest BCUT2D eigenvalue weighted by molar-refractivity contribution is 7.99. The number of nitrogens with one attached hydrogen (secondary N) is 1. The van der Waals surface area contributed by atoms with Crippen LogP contribution >= 0.6 is 11.9 Å². The van der Waals surface area contributed by atoms with Gasteiger partial charge in [-0.15, -0.1) is 0 Å². The van der Waals surface area contributed by atoms with E-state index in [1.165, 1.54) is 22.6 Å². The van der Waals surface area contributed by atoms with Crippen molar-refractivity contribution in [3.8, 4) is 28.8 Å². The lowest BCUT2D eigenvalue weighted by atomic mass is 10.0. The first kappa shape index (κ1) is 26.9. The largest absolute Gasteiger partial charge is 0.457 e. The van der Waals surface area contributed by atoms with E-state index in [9.17, 15) is 23.2 Å². The molecule has 0 saturated carbocycles. The summed E-state index contributed by atoms with van der Waals surface area (Å²) in [4.78, 5) is 13.2. The van der Waals surface area contributed by atoms with Crippen LogP contribution in [0.2, 0.25) is 0 Å². The second kappa shape index (κ2) is 11.1. The monoisotopic (exact) mass is 535 g/mol. The van der Waals surface area contributed by atoms with Gasteiger partial charge in [0, 0.05) is 11.9 Å². The summed E-state index contributed by atoms with van der Waals surface area (Å²) in [6.07, 6.45) is -2.95. The van der Waals surface area contributed by atoms with Crippen LogP contribution in [-0.4, -0.2) is 10.8 Å². The quantitative estimate of drug-likeness (QED) is 0.248. The highest BCUT2D eigenvalue weighted by atomic mass is 32.2. The number of halogens is 3. The SMILES string of the molecule is CSNc1ccc(Oc2ccc(-c3cc(C(F)(F)F)c(C#N)c(=O)n3Cc3ccc(C)cc3C)cc2)cc1. The molecule has 0 saturated heterocycles. The van der Waals surface area contributed by atoms with Crippen LogP contribution in [0, 0.1) is 25.2 Å². The van der Waals surface area contributed by atoms with Crippen molar-refractivity contribution in [2.24, 2.45) is 0 Å². The summed E-state index contributed by atoms with van der Waals surface area (Å²) < 4.78 is 51.7. The smallest absolute Gasteiger partial charge is 0.417 e. The first-order valence-corrected chi connectivity index (χ1v) is 12.8. The maximum absolute atomic E-state index is 13.8. The molecule has 3 aromatic carbocycles. The van der Waals surface area contributed by atoms with Crippen LogP contribution in [0.1, 0.15) is 27.8 Å². The Balaban J connectivity index is 1.76. The number of alkyl halides is 3. The number of ether oxygens (including phenoxy) is 1. The molecule has 1 aromatic heterocycles. The van der Waals surface area contributed by atoms with Gasteiger partial charge in [0.2, 0.25) is 0 Å². The summed E-state index contributed by atoms with van der Waals surface area (Å²) in [6, 6.07) is 21.7. The maximum atomic E-state index is 13.8. The van der Waals surface area contributed by atoms with E-state index in [1.807, 2.05) is 50.4 Å². The average Bonchev–Trinajstić information content (AvgIpc) is 2.87. The summed E-state index contributed by atoms with van der Waals surface area (Å²) in [5.41, 5.74) is 0.871. The molecule has 9 heteroatoms. The lowest BCUT2D eigenvalue weighted by Crippen LogP contribution is -2.29. The Labute approximate surface area is 222 Å². The fraction of sp³-hybridized carbons (Fsp3) is 0.172. The van der Waals surface area contributed by atoms with Crippen molar-refractivity contribution in [1.29, 1.82) is 5.26 Å². The Bertz CT molecular complexity index is 1560. The molecule has 0 unspecified atom stereocenters. The van der Waals surface area contributed by atoms with Gasteiger partial charge in [0.1, 0.15) is 23.1 Å². The molecular formula is C29H24F3N3O2S. The van der Waals surface area contributed by atoms with Crippen molar-refractivity contribution < 1.29 is 17.9 Å². The molecule has 0 atom stereocenters. The standard InChI is InChI=1S/C29H24F3N3O2S/c1-18-4-5-21(19(2)14-18)17-35-27(15-26(29(30,31)32)25(16-33)28(35)36)20-6-10-23(11-7-20)37-24-12-8-22(9-13-24)34-38-3/h4-15,34H,17H2,1-3H3. The van der Waals surface area contributed by atoms with Crippen LogP contribution < -0.4 is 15.0 Å². The van der Waals surface area contributed by atoms with Crippen molar-refractivity contribution in [1.82, 2.24) is 4.57 Å². The van der Waals surface area contributed by atoms with E-state index >= 15 is 0 Å². The normalized spacial score (nSPS) is 11.2. The van der Waals surface area contributed by atoms with Crippen LogP contribution in [0.3, 0.4) is 0 Å². The Morgan fingerprint density at radius 2 is 1.61 bits per heavy atom. The highest BCUT2D eigenvalue weighted by Gasteiger charge is 2.36. The van der Waals surface area contributed by atoms with Crippen LogP contribution in [0.25, 0.3) is 11.3 Å². The molecule has 0 amide bonds. The molecule has 0 radical (unpaired) electrons. The molecule has 194 valence electrons. The zero-order chi connectivity index (χ0) is 27.4. The van der Waals surface area contributed by atoms with Crippen LogP contribution in [-0.2, 0) is 12.7 Å². The fourth-order valence-corrected chi connectivity index (χ4v) is 4.48. The first-order chi connectivity index (χ1) is 18.1. The number of hydrogen-bond acceptors (Lipinski definition) is 5. The molecular weight excluding hydrogens is 511 g/mol. The van der Waals surface area contributed by atoms with Gasteiger partial charge in [0.05, 0.1) is 17.8 Å². The molecule has 1 N–H and O–H groups in total. The van der Waals surface area contributed by atoms with Gasteiger partial charge in [0.15, 0.2) is 0 Å². The van der Waals surface area contributed by atoms with E-state index in [-0.39, 0.29) is 12.2 Å². The predicted molar refractivity (Wildman–Crippen MR) is 145 cm³/mol. The minimum absolute atomic E-state index is 0.0157. The van der Waals surface area contributed by atoms with E-state index in [0.29, 0.717) is 17.1 Å². The summed E-state index contributed by atoms with van der Waals surface area (Å²) in [5, 5.41) is 9.44. The molecule has 1 heterocycles. The Morgan fingerprint density at radius 1 is 0.974 bits per heavy atom. The van der Waals surface area contributed by atoms with Gasteiger partial charge < -0.3 is 14.0 Å². The number of aromatic nitrogens is 1. The summed E-state index contributed by atoms with van der Waals surface area (Å²) in [7, 11) is 0. The number of rotatable bonds is 7. The van der Waals surface area contributed by atoms with E-state index in [4.69, 9.17) is 4.74 Å². The molecule has 0 spiro atoms. The molecule has 0 aliphatic rings. The van der Waals surface area contributed by atoms with Gasteiger partial charge in [-0.2, -0.15) is 18.4 Å². The lowest BCUT2D eigenvalue weighted by Gasteiger charge is -2.19. The maximum Gasteiger partial charge on any atom is 0.417 e. The van der Waals surface area contributed by atoms with Gasteiger partial charge >= 0.3 is 6.18 Å². The Morgan fingerprint density at radius 3 is 2.16 bits per heavy atom. The Hall–Kier alpha value is -4.16. The van der Waals surface area contributed by atoms with Gasteiger partial charge in [-0.1, -0.05) is 35.7 Å². The first-order valence-electron chi connectivity index (χ1n) is 11.6. The third kappa shape index (κ3) is 5.87. The molecule has 4 aromatic rings. The highest BCUT2D eigenvalue weighted by Crippen LogP contribution is 2.34. The number of nitriles is 1. The minimum Gasteiger partial charge on any atom is -0.457 e. The van der Waals surface area contributed by atoms with E-state index in [0.717, 1.165) is 28.4 Å². The zero-order valence-electron chi connectivity index (χ0n) is 20.9. The number of aryl methyl sites for hydroxylation is 2. The molecule has 0 aliphatic carbocycles. The van der Waals surface area contributed by atoms with E-state index < -0.39 is 22.9 Å². The van der Waals surface area contributed by atoms with Crippen LogP contribution in [0.5, 0.6) is 11.5 Å². The second-order valence-corrected chi connectivity index (χ2v) is 9.32. The van der Waals surface area contributed by atoms with Gasteiger partial charge in [0.25, 0.3) is 5.56 Å². The van der Waals surface area contributed by atoms with Crippen molar-refractivity contribution in [3.05, 3.63) is 111 Å². The van der Waals surface area contributed by atoms with Gasteiger partial charge in [-0.05, 0) is 85.1 Å². The second-order valence-electron chi connectivity index (χ2n) is 8.71.